The lowest BCUT2D eigenvalue weighted by atomic mass is 10.4. The fourth-order valence-electron chi connectivity index (χ4n) is 1.39. The smallest absolute Gasteiger partial charge is 0.357 e. The first-order valence-corrected chi connectivity index (χ1v) is 5.95. The van der Waals surface area contributed by atoms with Gasteiger partial charge >= 0.3 is 5.97 Å². The molecule has 0 amide bonds. The van der Waals surface area contributed by atoms with E-state index < -0.39 is 5.97 Å². The van der Waals surface area contributed by atoms with E-state index in [0.29, 0.717) is 16.1 Å². The summed E-state index contributed by atoms with van der Waals surface area (Å²) < 4.78 is 1.81. The highest BCUT2D eigenvalue weighted by Crippen LogP contribution is 2.19. The molecule has 0 unspecified atom stereocenters. The van der Waals surface area contributed by atoms with Crippen molar-refractivity contribution in [1.82, 2.24) is 14.6 Å². The average molecular weight is 299 g/mol. The highest BCUT2D eigenvalue weighted by Gasteiger charge is 2.16. The molecule has 6 nitrogen and oxygen atoms in total. The second-order valence-electron chi connectivity index (χ2n) is 3.47. The molecule has 0 aromatic carbocycles. The van der Waals surface area contributed by atoms with Gasteiger partial charge in [0.05, 0.1) is 0 Å². The fourth-order valence-corrected chi connectivity index (χ4v) is 1.91. The van der Waals surface area contributed by atoms with Crippen molar-refractivity contribution in [2.75, 3.05) is 11.9 Å². The molecular formula is C10H11BrN4O2. The first-order valence-electron chi connectivity index (χ1n) is 5.16. The average Bonchev–Trinajstić information content (AvgIpc) is 2.64. The zero-order chi connectivity index (χ0) is 12.4. The zero-order valence-electron chi connectivity index (χ0n) is 9.14. The maximum Gasteiger partial charge on any atom is 0.357 e. The van der Waals surface area contributed by atoms with Gasteiger partial charge in [-0.05, 0) is 34.5 Å². The molecule has 0 fully saturated rings. The fraction of sp³-hybridized carbons (Fsp3) is 0.300. The third-order valence-corrected chi connectivity index (χ3v) is 2.89. The Morgan fingerprint density at radius 2 is 2.35 bits per heavy atom. The monoisotopic (exact) mass is 298 g/mol. The van der Waals surface area contributed by atoms with Crippen LogP contribution in [0.3, 0.4) is 0 Å². The number of aromatic carboxylic acids is 1. The van der Waals surface area contributed by atoms with Crippen molar-refractivity contribution in [3.05, 3.63) is 22.4 Å². The summed E-state index contributed by atoms with van der Waals surface area (Å²) in [6.45, 7) is 2.87. The van der Waals surface area contributed by atoms with Gasteiger partial charge in [0.1, 0.15) is 10.4 Å². The number of carboxylic acids is 1. The lowest BCUT2D eigenvalue weighted by Crippen LogP contribution is -2.04. The van der Waals surface area contributed by atoms with Crippen LogP contribution in [0.25, 0.3) is 5.65 Å². The molecule has 0 aliphatic carbocycles. The summed E-state index contributed by atoms with van der Waals surface area (Å²) >= 11 is 3.18. The number of carboxylic acid groups (broad SMARTS) is 1. The van der Waals surface area contributed by atoms with Crippen molar-refractivity contribution in [3.63, 3.8) is 0 Å². The third kappa shape index (κ3) is 2.23. The van der Waals surface area contributed by atoms with E-state index in [1.54, 1.807) is 12.1 Å². The summed E-state index contributed by atoms with van der Waals surface area (Å²) in [5.41, 5.74) is 0.460. The molecule has 0 radical (unpaired) electrons. The highest BCUT2D eigenvalue weighted by molar-refractivity contribution is 9.10. The predicted molar refractivity (Wildman–Crippen MR) is 66.4 cm³/mol. The molecule has 2 N–H and O–H groups in total. The summed E-state index contributed by atoms with van der Waals surface area (Å²) in [7, 11) is 0. The number of nitrogens with zero attached hydrogens (tertiary/aromatic N) is 3. The Morgan fingerprint density at radius 1 is 1.59 bits per heavy atom. The number of halogens is 1. The van der Waals surface area contributed by atoms with E-state index in [0.717, 1.165) is 13.0 Å². The minimum absolute atomic E-state index is 0.0369. The minimum atomic E-state index is -1.08. The van der Waals surface area contributed by atoms with E-state index in [9.17, 15) is 4.79 Å². The van der Waals surface area contributed by atoms with Crippen LogP contribution in [0, 0.1) is 0 Å². The van der Waals surface area contributed by atoms with Crippen LogP contribution >= 0.6 is 15.9 Å². The first-order chi connectivity index (χ1) is 8.13. The lowest BCUT2D eigenvalue weighted by Gasteiger charge is -2.03. The van der Waals surface area contributed by atoms with Gasteiger partial charge in [-0.1, -0.05) is 6.92 Å². The number of anilines is 1. The van der Waals surface area contributed by atoms with Crippen molar-refractivity contribution in [2.45, 2.75) is 13.3 Å². The topological polar surface area (TPSA) is 79.5 Å². The number of hydrogen-bond donors (Lipinski definition) is 2. The molecule has 7 heteroatoms. The van der Waals surface area contributed by atoms with E-state index in [-0.39, 0.29) is 5.69 Å². The van der Waals surface area contributed by atoms with Crippen molar-refractivity contribution in [2.24, 2.45) is 0 Å². The third-order valence-electron chi connectivity index (χ3n) is 2.18. The number of carbonyl (C=O) groups is 1. The Labute approximate surface area is 106 Å². The number of hydrogen-bond acceptors (Lipinski definition) is 4. The molecule has 2 rings (SSSR count). The molecule has 0 spiro atoms. The quantitative estimate of drug-likeness (QED) is 0.902. The number of fused-ring (bicyclic) bond motifs is 1. The van der Waals surface area contributed by atoms with Crippen molar-refractivity contribution < 1.29 is 9.90 Å². The number of imidazole rings is 1. The van der Waals surface area contributed by atoms with Crippen LogP contribution in [0.4, 0.5) is 5.82 Å². The van der Waals surface area contributed by atoms with E-state index in [1.807, 2.05) is 0 Å². The van der Waals surface area contributed by atoms with E-state index in [1.165, 1.54) is 4.52 Å². The SMILES string of the molecule is CCCNc1ccc2nc(C(=O)O)c(Br)n2n1. The Kier molecular flexibility index (Phi) is 3.28. The second-order valence-corrected chi connectivity index (χ2v) is 4.22. The molecule has 2 heterocycles. The number of nitrogens with one attached hydrogen (secondary N) is 1. The standard InChI is InChI=1S/C10H11BrN4O2/c1-2-5-12-6-3-4-7-13-8(10(16)17)9(11)15(7)14-6/h3-4H,2,5H2,1H3,(H,12,14)(H,16,17). The maximum atomic E-state index is 10.9. The van der Waals surface area contributed by atoms with Gasteiger partial charge in [-0.3, -0.25) is 0 Å². The molecule has 2 aromatic heterocycles. The summed E-state index contributed by atoms with van der Waals surface area (Å²) in [5.74, 6) is -0.389. The van der Waals surface area contributed by atoms with Gasteiger partial charge in [0, 0.05) is 6.54 Å². The van der Waals surface area contributed by atoms with Crippen LogP contribution in [0.15, 0.2) is 16.7 Å². The Balaban J connectivity index is 2.46. The molecule has 0 aliphatic rings. The van der Waals surface area contributed by atoms with Gasteiger partial charge in [0.15, 0.2) is 11.3 Å². The van der Waals surface area contributed by atoms with Crippen molar-refractivity contribution in [3.8, 4) is 0 Å². The van der Waals surface area contributed by atoms with Crippen LogP contribution in [-0.2, 0) is 0 Å². The van der Waals surface area contributed by atoms with Crippen LogP contribution < -0.4 is 5.32 Å². The second kappa shape index (κ2) is 4.70. The summed E-state index contributed by atoms with van der Waals surface area (Å²) in [6, 6.07) is 3.50. The largest absolute Gasteiger partial charge is 0.476 e. The van der Waals surface area contributed by atoms with Crippen LogP contribution in [-0.4, -0.2) is 32.2 Å². The predicted octanol–water partition coefficient (Wildman–Crippen LogP) is 2.01. The van der Waals surface area contributed by atoms with Crippen molar-refractivity contribution in [1.29, 1.82) is 0 Å². The molecule has 0 saturated heterocycles. The minimum Gasteiger partial charge on any atom is -0.476 e. The van der Waals surface area contributed by atoms with E-state index >= 15 is 0 Å². The molecule has 0 saturated carbocycles. The normalized spacial score (nSPS) is 10.7. The van der Waals surface area contributed by atoms with E-state index in [2.05, 4.69) is 38.3 Å². The maximum absolute atomic E-state index is 10.9. The zero-order valence-corrected chi connectivity index (χ0v) is 10.7. The van der Waals surface area contributed by atoms with Gasteiger partial charge < -0.3 is 10.4 Å². The Bertz CT molecular complexity index is 567. The molecular weight excluding hydrogens is 288 g/mol. The molecule has 0 bridgehead atoms. The summed E-state index contributed by atoms with van der Waals surface area (Å²) in [4.78, 5) is 14.9. The molecule has 0 atom stereocenters. The van der Waals surface area contributed by atoms with E-state index in [4.69, 9.17) is 5.11 Å². The Morgan fingerprint density at radius 3 is 3.00 bits per heavy atom. The van der Waals surface area contributed by atoms with Crippen LogP contribution in [0.5, 0.6) is 0 Å². The van der Waals surface area contributed by atoms with Crippen molar-refractivity contribution >= 4 is 33.4 Å². The van der Waals surface area contributed by atoms with Gasteiger partial charge in [0.25, 0.3) is 0 Å². The lowest BCUT2D eigenvalue weighted by molar-refractivity contribution is 0.0690. The summed E-state index contributed by atoms with van der Waals surface area (Å²) in [6.07, 6.45) is 0.991. The van der Waals surface area contributed by atoms with Gasteiger partial charge in [-0.2, -0.15) is 0 Å². The highest BCUT2D eigenvalue weighted by atomic mass is 79.9. The first kappa shape index (κ1) is 11.8. The number of rotatable bonds is 4. The van der Waals surface area contributed by atoms with Crippen LogP contribution in [0.2, 0.25) is 0 Å². The van der Waals surface area contributed by atoms with Crippen LogP contribution in [0.1, 0.15) is 23.8 Å². The molecule has 0 aliphatic heterocycles. The number of aromatic nitrogens is 3. The molecule has 17 heavy (non-hydrogen) atoms. The molecule has 90 valence electrons. The van der Waals surface area contributed by atoms with Gasteiger partial charge in [-0.25, -0.2) is 14.3 Å². The molecule has 2 aromatic rings. The van der Waals surface area contributed by atoms with Gasteiger partial charge in [-0.15, -0.1) is 5.10 Å². The van der Waals surface area contributed by atoms with Gasteiger partial charge in [0.2, 0.25) is 0 Å². The Hall–Kier alpha value is -1.63. The summed E-state index contributed by atoms with van der Waals surface area (Å²) in [5, 5.41) is 16.3.